The fourth-order valence-electron chi connectivity index (χ4n) is 3.31. The third-order valence-corrected chi connectivity index (χ3v) is 6.59. The lowest BCUT2D eigenvalue weighted by Crippen LogP contribution is -2.45. The van der Waals surface area contributed by atoms with Crippen LogP contribution >= 0.6 is 11.3 Å². The van der Waals surface area contributed by atoms with Crippen LogP contribution in [-0.4, -0.2) is 11.0 Å². The minimum Gasteiger partial charge on any atom is -0.306 e. The van der Waals surface area contributed by atoms with Crippen molar-refractivity contribution >= 4 is 11.3 Å². The van der Waals surface area contributed by atoms with Gasteiger partial charge >= 0.3 is 0 Å². The van der Waals surface area contributed by atoms with Gasteiger partial charge in [-0.2, -0.15) is 0 Å². The highest BCUT2D eigenvalue weighted by atomic mass is 32.1. The average Bonchev–Trinajstić information content (AvgIpc) is 2.74. The van der Waals surface area contributed by atoms with Crippen LogP contribution in [0.25, 0.3) is 0 Å². The van der Waals surface area contributed by atoms with E-state index in [4.69, 9.17) is 4.98 Å². The van der Waals surface area contributed by atoms with Crippen LogP contribution in [0.4, 0.5) is 0 Å². The lowest BCUT2D eigenvalue weighted by atomic mass is 9.73. The molecule has 0 aromatic carbocycles. The van der Waals surface area contributed by atoms with Crippen molar-refractivity contribution in [3.8, 4) is 0 Å². The predicted molar refractivity (Wildman–Crippen MR) is 93.1 cm³/mol. The number of hydrogen-bond donors (Lipinski definition) is 1. The van der Waals surface area contributed by atoms with Crippen molar-refractivity contribution in [3.63, 3.8) is 0 Å². The number of rotatable bonds is 3. The molecule has 0 radical (unpaired) electrons. The zero-order chi connectivity index (χ0) is 15.8. The Labute approximate surface area is 134 Å². The molecule has 21 heavy (non-hydrogen) atoms. The van der Waals surface area contributed by atoms with Crippen LogP contribution < -0.4 is 5.32 Å². The van der Waals surface area contributed by atoms with Crippen molar-refractivity contribution < 1.29 is 0 Å². The maximum absolute atomic E-state index is 4.81. The monoisotopic (exact) mass is 308 g/mol. The van der Waals surface area contributed by atoms with Gasteiger partial charge in [0.25, 0.3) is 0 Å². The molecule has 2 nitrogen and oxygen atoms in total. The first kappa shape index (κ1) is 17.0. The van der Waals surface area contributed by atoms with E-state index in [9.17, 15) is 0 Å². The molecule has 0 bridgehead atoms. The van der Waals surface area contributed by atoms with Gasteiger partial charge in [0.05, 0.1) is 10.7 Å². The molecule has 1 saturated carbocycles. The van der Waals surface area contributed by atoms with Gasteiger partial charge in [0.2, 0.25) is 0 Å². The van der Waals surface area contributed by atoms with E-state index in [0.29, 0.717) is 17.5 Å². The van der Waals surface area contributed by atoms with Gasteiger partial charge in [0.15, 0.2) is 0 Å². The van der Waals surface area contributed by atoms with Gasteiger partial charge in [-0.1, -0.05) is 47.5 Å². The van der Waals surface area contributed by atoms with Crippen LogP contribution in [0.5, 0.6) is 0 Å². The van der Waals surface area contributed by atoms with Crippen LogP contribution in [-0.2, 0) is 5.41 Å². The fraction of sp³-hybridized carbons (Fsp3) is 0.833. The van der Waals surface area contributed by atoms with Crippen molar-refractivity contribution in [1.82, 2.24) is 10.3 Å². The summed E-state index contributed by atoms with van der Waals surface area (Å²) >= 11 is 1.89. The Kier molecular flexibility index (Phi) is 4.84. The largest absolute Gasteiger partial charge is 0.306 e. The molecule has 1 aliphatic carbocycles. The minimum absolute atomic E-state index is 0.150. The second-order valence-corrected chi connectivity index (χ2v) is 9.42. The maximum atomic E-state index is 4.81. The Hall–Kier alpha value is -0.410. The van der Waals surface area contributed by atoms with Gasteiger partial charge in [0.1, 0.15) is 0 Å². The molecule has 0 spiro atoms. The van der Waals surface area contributed by atoms with Crippen molar-refractivity contribution in [3.05, 3.63) is 15.6 Å². The normalized spacial score (nSPS) is 24.0. The summed E-state index contributed by atoms with van der Waals surface area (Å²) in [6.45, 7) is 16.0. The molecule has 1 N–H and O–H groups in total. The van der Waals surface area contributed by atoms with Crippen molar-refractivity contribution in [1.29, 1.82) is 0 Å². The molecule has 3 heteroatoms. The summed E-state index contributed by atoms with van der Waals surface area (Å²) in [5.41, 5.74) is 1.77. The summed E-state index contributed by atoms with van der Waals surface area (Å²) in [7, 11) is 0. The van der Waals surface area contributed by atoms with Gasteiger partial charge < -0.3 is 5.32 Å². The molecular formula is C18H32N2S. The number of nitrogens with one attached hydrogen (secondary N) is 1. The van der Waals surface area contributed by atoms with E-state index in [-0.39, 0.29) is 5.41 Å². The third kappa shape index (κ3) is 3.87. The molecule has 0 aliphatic heterocycles. The smallest absolute Gasteiger partial charge is 0.0985 e. The van der Waals surface area contributed by atoms with E-state index in [0.717, 1.165) is 0 Å². The predicted octanol–water partition coefficient (Wildman–Crippen LogP) is 5.37. The van der Waals surface area contributed by atoms with Gasteiger partial charge in [-0.25, -0.2) is 4.98 Å². The third-order valence-electron chi connectivity index (χ3n) is 4.83. The molecule has 1 heterocycles. The summed E-state index contributed by atoms with van der Waals surface area (Å²) in [6, 6.07) is 1.03. The summed E-state index contributed by atoms with van der Waals surface area (Å²) in [5, 5.41) is 5.16. The average molecular weight is 309 g/mol. The van der Waals surface area contributed by atoms with E-state index < -0.39 is 0 Å². The topological polar surface area (TPSA) is 24.9 Å². The van der Waals surface area contributed by atoms with Crippen LogP contribution in [0.3, 0.4) is 0 Å². The molecule has 1 aromatic rings. The van der Waals surface area contributed by atoms with Crippen molar-refractivity contribution in [2.75, 3.05) is 0 Å². The number of thiazole rings is 1. The first-order valence-electron chi connectivity index (χ1n) is 8.35. The molecule has 1 aromatic heterocycles. The van der Waals surface area contributed by atoms with Crippen LogP contribution in [0, 0.1) is 12.3 Å². The molecule has 2 atom stereocenters. The Balaban J connectivity index is 2.13. The van der Waals surface area contributed by atoms with Crippen LogP contribution in [0.15, 0.2) is 0 Å². The second kappa shape index (κ2) is 6.00. The van der Waals surface area contributed by atoms with Gasteiger partial charge in [0, 0.05) is 22.4 Å². The molecule has 120 valence electrons. The van der Waals surface area contributed by atoms with E-state index in [1.54, 1.807) is 0 Å². The Bertz CT molecular complexity index is 482. The Morgan fingerprint density at radius 3 is 2.48 bits per heavy atom. The second-order valence-electron chi connectivity index (χ2n) is 8.39. The number of nitrogens with zero attached hydrogens (tertiary/aromatic N) is 1. The van der Waals surface area contributed by atoms with E-state index in [1.165, 1.54) is 41.3 Å². The Morgan fingerprint density at radius 2 is 1.95 bits per heavy atom. The van der Waals surface area contributed by atoms with Gasteiger partial charge in [-0.3, -0.25) is 0 Å². The molecule has 0 amide bonds. The zero-order valence-corrected chi connectivity index (χ0v) is 15.7. The van der Waals surface area contributed by atoms with Gasteiger partial charge in [-0.05, 0) is 32.1 Å². The van der Waals surface area contributed by atoms with Crippen LogP contribution in [0.2, 0.25) is 0 Å². The summed E-state index contributed by atoms with van der Waals surface area (Å²) in [5.74, 6) is 0. The highest BCUT2D eigenvalue weighted by Gasteiger charge is 2.33. The standard InChI is InChI=1S/C18H32N2S/c1-12(19-14-10-8-9-11-18(14,6)7)15-13(2)20-16(21-15)17(3,4)5/h12,14,19H,8-11H2,1-7H3. The van der Waals surface area contributed by atoms with Crippen LogP contribution in [0.1, 0.15) is 88.8 Å². The summed E-state index contributed by atoms with van der Waals surface area (Å²) < 4.78 is 0. The van der Waals surface area contributed by atoms with E-state index in [1.807, 2.05) is 11.3 Å². The zero-order valence-electron chi connectivity index (χ0n) is 14.8. The molecule has 2 unspecified atom stereocenters. The lowest BCUT2D eigenvalue weighted by Gasteiger charge is -2.40. The van der Waals surface area contributed by atoms with Gasteiger partial charge in [-0.15, -0.1) is 11.3 Å². The Morgan fingerprint density at radius 1 is 1.29 bits per heavy atom. The van der Waals surface area contributed by atoms with Crippen molar-refractivity contribution in [2.24, 2.45) is 5.41 Å². The quantitative estimate of drug-likeness (QED) is 0.812. The molecule has 0 saturated heterocycles. The minimum atomic E-state index is 0.150. The highest BCUT2D eigenvalue weighted by Crippen LogP contribution is 2.38. The fourth-order valence-corrected chi connectivity index (χ4v) is 4.45. The van der Waals surface area contributed by atoms with E-state index in [2.05, 4.69) is 53.8 Å². The van der Waals surface area contributed by atoms with Crippen molar-refractivity contribution in [2.45, 2.75) is 91.6 Å². The lowest BCUT2D eigenvalue weighted by molar-refractivity contribution is 0.158. The summed E-state index contributed by atoms with van der Waals surface area (Å²) in [6.07, 6.45) is 5.39. The number of aromatic nitrogens is 1. The first-order chi connectivity index (χ1) is 9.61. The molecular weight excluding hydrogens is 276 g/mol. The number of hydrogen-bond acceptors (Lipinski definition) is 3. The SMILES string of the molecule is Cc1nc(C(C)(C)C)sc1C(C)NC1CCCCC1(C)C. The maximum Gasteiger partial charge on any atom is 0.0985 e. The first-order valence-corrected chi connectivity index (χ1v) is 9.17. The van der Waals surface area contributed by atoms with E-state index >= 15 is 0 Å². The molecule has 1 fully saturated rings. The summed E-state index contributed by atoms with van der Waals surface area (Å²) in [4.78, 5) is 6.23. The highest BCUT2D eigenvalue weighted by molar-refractivity contribution is 7.12. The molecule has 2 rings (SSSR count). The molecule has 1 aliphatic rings. The number of aryl methyl sites for hydroxylation is 1.